The van der Waals surface area contributed by atoms with Crippen molar-refractivity contribution in [3.8, 4) is 0 Å². The third-order valence-electron chi connectivity index (χ3n) is 4.93. The summed E-state index contributed by atoms with van der Waals surface area (Å²) in [6.45, 7) is 17.1. The monoisotopic (exact) mass is 563 g/mol. The average Bonchev–Trinajstić information content (AvgIpc) is 3.22. The molecule has 3 rings (SSSR count). The molecule has 7 nitrogen and oxygen atoms in total. The minimum atomic E-state index is -0.616. The summed E-state index contributed by atoms with van der Waals surface area (Å²) in [5.41, 5.74) is 2.01. The van der Waals surface area contributed by atoms with E-state index in [1.54, 1.807) is 18.0 Å². The van der Waals surface area contributed by atoms with E-state index in [1.807, 2.05) is 0 Å². The number of methoxy groups -OCH3 is 1. The van der Waals surface area contributed by atoms with E-state index in [0.29, 0.717) is 11.3 Å². The molecule has 202 valence electrons. The van der Waals surface area contributed by atoms with Crippen LogP contribution in [0.3, 0.4) is 0 Å². The summed E-state index contributed by atoms with van der Waals surface area (Å²) in [5, 5.41) is 1.94. The third-order valence-corrected chi connectivity index (χ3v) is 7.50. The summed E-state index contributed by atoms with van der Waals surface area (Å²) < 4.78 is 8.76. The van der Waals surface area contributed by atoms with Gasteiger partial charge in [0.05, 0.1) is 23.0 Å². The number of fused-ring (bicyclic) bond motifs is 1. The summed E-state index contributed by atoms with van der Waals surface area (Å²) in [5.74, 6) is 1.06. The number of ether oxygens (including phenoxy) is 1. The molecule has 2 N–H and O–H groups in total. The molecule has 37 heavy (non-hydrogen) atoms. The Kier molecular flexibility index (Phi) is 15.7. The second kappa shape index (κ2) is 17.8. The molecule has 2 heterocycles. The molecule has 0 saturated carbocycles. The Morgan fingerprint density at radius 2 is 2.03 bits per heavy atom. The molecule has 1 aliphatic rings. The first kappa shape index (κ1) is 32.5. The molecule has 0 aliphatic heterocycles. The number of hydrogen-bond donors (Lipinski definition) is 2. The molecule has 2 aromatic heterocycles. The van der Waals surface area contributed by atoms with E-state index >= 15 is 0 Å². The highest BCUT2D eigenvalue weighted by molar-refractivity contribution is 8.08. The number of allylic oxidation sites excluding steroid dienone is 6. The van der Waals surface area contributed by atoms with Crippen LogP contribution in [0.25, 0.3) is 15.9 Å². The topological polar surface area (TPSA) is 93.2 Å². The summed E-state index contributed by atoms with van der Waals surface area (Å²) in [6.07, 6.45) is 12.5. The van der Waals surface area contributed by atoms with Gasteiger partial charge in [-0.15, -0.1) is 29.7 Å². The number of carbonyl (C=O) groups excluding carboxylic acids is 1. The molecule has 0 radical (unpaired) electrons. The number of nitrogens with zero attached hydrogens (tertiary/aromatic N) is 1. The van der Waals surface area contributed by atoms with Crippen LogP contribution in [0.15, 0.2) is 69.7 Å². The van der Waals surface area contributed by atoms with Crippen LogP contribution in [0.5, 0.6) is 0 Å². The minimum Gasteiger partial charge on any atom is -0.465 e. The normalized spacial score (nSPS) is 12.2. The van der Waals surface area contributed by atoms with Crippen molar-refractivity contribution < 1.29 is 9.53 Å². The molecule has 2 aromatic rings. The summed E-state index contributed by atoms with van der Waals surface area (Å²) in [7, 11) is 1.23. The fraction of sp³-hybridized carbons (Fsp3) is 0.370. The van der Waals surface area contributed by atoms with E-state index in [9.17, 15) is 14.4 Å². The minimum absolute atomic E-state index is 0.131. The van der Waals surface area contributed by atoms with Crippen LogP contribution in [-0.2, 0) is 4.74 Å². The van der Waals surface area contributed by atoms with Crippen LogP contribution in [0.1, 0.15) is 50.2 Å². The molecule has 0 bridgehead atoms. The number of aromatic amines is 1. The lowest BCUT2D eigenvalue weighted by molar-refractivity contribution is 0.0608. The van der Waals surface area contributed by atoms with E-state index in [1.165, 1.54) is 47.6 Å². The molecular weight excluding hydrogens is 527 g/mol. The highest BCUT2D eigenvalue weighted by atomic mass is 32.2. The van der Waals surface area contributed by atoms with Gasteiger partial charge in [0.25, 0.3) is 5.56 Å². The first-order valence-electron chi connectivity index (χ1n) is 11.8. The smallest absolute Gasteiger partial charge is 0.348 e. The van der Waals surface area contributed by atoms with Gasteiger partial charge < -0.3 is 9.72 Å². The van der Waals surface area contributed by atoms with Gasteiger partial charge in [-0.3, -0.25) is 9.52 Å². The number of hydrogen-bond acceptors (Lipinski definition) is 8. The summed E-state index contributed by atoms with van der Waals surface area (Å²) >= 11 is 4.04. The zero-order valence-corrected chi connectivity index (χ0v) is 24.7. The summed E-state index contributed by atoms with van der Waals surface area (Å²) in [4.78, 5) is 38.9. The van der Waals surface area contributed by atoms with Crippen molar-refractivity contribution in [2.24, 2.45) is 0 Å². The molecule has 0 aromatic carbocycles. The molecule has 0 unspecified atom stereocenters. The Balaban J connectivity index is 0.000000351. The number of carbonyl (C=O) groups is 1. The number of thiophene rings is 1. The van der Waals surface area contributed by atoms with Crippen LogP contribution in [0.2, 0.25) is 0 Å². The van der Waals surface area contributed by atoms with Crippen molar-refractivity contribution in [1.82, 2.24) is 14.3 Å². The van der Waals surface area contributed by atoms with Crippen LogP contribution >= 0.6 is 35.0 Å². The number of nitrogens with one attached hydrogen (secondary N) is 2. The number of esters is 1. The Morgan fingerprint density at radius 1 is 1.30 bits per heavy atom. The molecular formula is C27H37N3O4S3. The summed E-state index contributed by atoms with van der Waals surface area (Å²) in [6, 6.07) is 0. The van der Waals surface area contributed by atoms with Crippen LogP contribution in [0.4, 0.5) is 0 Å². The van der Waals surface area contributed by atoms with Gasteiger partial charge in [0.15, 0.2) is 0 Å². The fourth-order valence-electron chi connectivity index (χ4n) is 2.83. The quantitative estimate of drug-likeness (QED) is 0.158. The van der Waals surface area contributed by atoms with Gasteiger partial charge in [-0.1, -0.05) is 73.9 Å². The van der Waals surface area contributed by atoms with Gasteiger partial charge in [0, 0.05) is 23.4 Å². The van der Waals surface area contributed by atoms with Crippen molar-refractivity contribution in [1.29, 1.82) is 0 Å². The lowest BCUT2D eigenvalue weighted by Gasteiger charge is -2.06. The number of thioether (sulfide) groups is 1. The molecule has 10 heteroatoms. The number of rotatable bonds is 9. The average molecular weight is 564 g/mol. The highest BCUT2D eigenvalue weighted by Crippen LogP contribution is 2.23. The van der Waals surface area contributed by atoms with Gasteiger partial charge in [0.1, 0.15) is 4.88 Å². The van der Waals surface area contributed by atoms with E-state index in [0.717, 1.165) is 28.9 Å². The van der Waals surface area contributed by atoms with Gasteiger partial charge >= 0.3 is 11.7 Å². The van der Waals surface area contributed by atoms with Gasteiger partial charge in [-0.2, -0.15) is 0 Å². The maximum atomic E-state index is 12.5. The van der Waals surface area contributed by atoms with Gasteiger partial charge in [-0.05, 0) is 26.7 Å². The van der Waals surface area contributed by atoms with Crippen molar-refractivity contribution >= 4 is 56.9 Å². The molecule has 0 fully saturated rings. The van der Waals surface area contributed by atoms with E-state index in [2.05, 4.69) is 79.6 Å². The standard InChI is InChI=1S/C13H12N2O4S2.C9H12.C5H13NS/c1-4-5-20-7(2)15-11(16)9-8(14-13(15)18)6-21-10(9)12(17)19-3;1-8-6-4-3-5-7-9(8)2;1-3-5-6-7-4-2/h4,6H,1-2,5H2,3H3,(H,14,18);3-6H,7H2,1-2H3;6H,3-5H2,1-2H3. The first-order valence-corrected chi connectivity index (χ1v) is 14.7. The molecule has 0 amide bonds. The van der Waals surface area contributed by atoms with Crippen molar-refractivity contribution in [2.45, 2.75) is 40.5 Å². The maximum Gasteiger partial charge on any atom is 0.348 e. The molecule has 0 saturated heterocycles. The SMILES string of the molecule is C=CCSC(=C)n1c(=O)[nH]c2csc(C(=O)OC)c2c1=O.CC1=C(C)CC=CC=C1.CCCNSCC. The van der Waals surface area contributed by atoms with Gasteiger partial charge in [-0.25, -0.2) is 14.2 Å². The Morgan fingerprint density at radius 3 is 2.65 bits per heavy atom. The Labute approximate surface area is 231 Å². The third kappa shape index (κ3) is 10.4. The Bertz CT molecular complexity index is 1260. The number of H-pyrrole nitrogens is 1. The van der Waals surface area contributed by atoms with E-state index in [4.69, 9.17) is 0 Å². The second-order valence-corrected chi connectivity index (χ2v) is 10.8. The molecule has 0 spiro atoms. The second-order valence-electron chi connectivity index (χ2n) is 7.69. The van der Waals surface area contributed by atoms with Crippen LogP contribution in [-0.4, -0.2) is 40.7 Å². The van der Waals surface area contributed by atoms with Crippen LogP contribution < -0.4 is 16.0 Å². The van der Waals surface area contributed by atoms with E-state index < -0.39 is 17.2 Å². The predicted octanol–water partition coefficient (Wildman–Crippen LogP) is 6.38. The fourth-order valence-corrected chi connectivity index (χ4v) is 4.89. The largest absolute Gasteiger partial charge is 0.465 e. The molecule has 0 atom stereocenters. The van der Waals surface area contributed by atoms with Gasteiger partial charge in [0.2, 0.25) is 0 Å². The lowest BCUT2D eigenvalue weighted by Crippen LogP contribution is -2.33. The van der Waals surface area contributed by atoms with Crippen molar-refractivity contribution in [3.63, 3.8) is 0 Å². The van der Waals surface area contributed by atoms with Crippen molar-refractivity contribution in [3.05, 3.63) is 85.8 Å². The first-order chi connectivity index (χ1) is 17.7. The zero-order valence-electron chi connectivity index (χ0n) is 22.2. The highest BCUT2D eigenvalue weighted by Gasteiger charge is 2.20. The number of aromatic nitrogens is 2. The Hall–Kier alpha value is -2.53. The zero-order chi connectivity index (χ0) is 27.8. The maximum absolute atomic E-state index is 12.5. The lowest BCUT2D eigenvalue weighted by atomic mass is 10.1. The van der Waals surface area contributed by atoms with Crippen molar-refractivity contribution in [2.75, 3.05) is 25.2 Å². The van der Waals surface area contributed by atoms with Crippen LogP contribution in [0, 0.1) is 0 Å². The van der Waals surface area contributed by atoms with E-state index in [-0.39, 0.29) is 15.3 Å². The molecule has 1 aliphatic carbocycles. The predicted molar refractivity (Wildman–Crippen MR) is 164 cm³/mol.